The lowest BCUT2D eigenvalue weighted by Gasteiger charge is -2.32. The number of carbonyl (C=O) groups is 1. The third-order valence-corrected chi connectivity index (χ3v) is 6.56. The number of rotatable bonds is 6. The summed E-state index contributed by atoms with van der Waals surface area (Å²) in [6, 6.07) is 12.0. The Morgan fingerprint density at radius 1 is 1.06 bits per heavy atom. The smallest absolute Gasteiger partial charge is 0.223 e. The molecule has 2 aliphatic rings. The number of nitrogens with zero attached hydrogens (tertiary/aromatic N) is 5. The quantitative estimate of drug-likeness (QED) is 0.640. The molecule has 1 aliphatic carbocycles. The summed E-state index contributed by atoms with van der Waals surface area (Å²) in [5.74, 6) is 1.97. The summed E-state index contributed by atoms with van der Waals surface area (Å²) >= 11 is 0. The van der Waals surface area contributed by atoms with Gasteiger partial charge in [-0.15, -0.1) is 15.3 Å². The summed E-state index contributed by atoms with van der Waals surface area (Å²) < 4.78 is 7.84. The average Bonchev–Trinajstić information content (AvgIpc) is 3.32. The van der Waals surface area contributed by atoms with Gasteiger partial charge in [-0.05, 0) is 68.4 Å². The Labute approximate surface area is 188 Å². The Kier molecular flexibility index (Phi) is 6.18. The van der Waals surface area contributed by atoms with Crippen LogP contribution in [0.25, 0.3) is 5.65 Å². The van der Waals surface area contributed by atoms with E-state index in [1.54, 1.807) is 10.8 Å². The third kappa shape index (κ3) is 4.84. The number of carbonyl (C=O) groups excluding carboxylic acids is 1. The van der Waals surface area contributed by atoms with Gasteiger partial charge in [0.1, 0.15) is 17.9 Å². The van der Waals surface area contributed by atoms with Crippen molar-refractivity contribution in [2.24, 2.45) is 5.92 Å². The van der Waals surface area contributed by atoms with Crippen LogP contribution in [0.1, 0.15) is 50.5 Å². The lowest BCUT2D eigenvalue weighted by Crippen LogP contribution is -2.40. The van der Waals surface area contributed by atoms with Crippen LogP contribution < -0.4 is 15.0 Å². The van der Waals surface area contributed by atoms with Crippen LogP contribution in [-0.4, -0.2) is 44.9 Å². The first kappa shape index (κ1) is 20.7. The molecule has 168 valence electrons. The molecule has 0 spiro atoms. The molecule has 1 saturated heterocycles. The number of anilines is 1. The molecular formula is C24H30N6O2. The normalized spacial score (nSPS) is 18.1. The zero-order valence-corrected chi connectivity index (χ0v) is 18.3. The Balaban J connectivity index is 1.11. The zero-order valence-electron chi connectivity index (χ0n) is 18.3. The van der Waals surface area contributed by atoms with Crippen LogP contribution in [0.2, 0.25) is 0 Å². The Morgan fingerprint density at radius 3 is 2.75 bits per heavy atom. The first-order valence-corrected chi connectivity index (χ1v) is 11.7. The fourth-order valence-electron chi connectivity index (χ4n) is 4.70. The molecule has 0 bridgehead atoms. The largest absolute Gasteiger partial charge is 0.490 e. The van der Waals surface area contributed by atoms with Crippen LogP contribution >= 0.6 is 0 Å². The molecule has 3 heterocycles. The second kappa shape index (κ2) is 9.54. The maximum atomic E-state index is 12.8. The van der Waals surface area contributed by atoms with Gasteiger partial charge < -0.3 is 15.0 Å². The summed E-state index contributed by atoms with van der Waals surface area (Å²) in [4.78, 5) is 15.0. The molecule has 8 heteroatoms. The molecule has 8 nitrogen and oxygen atoms in total. The summed E-state index contributed by atoms with van der Waals surface area (Å²) in [5, 5.41) is 15.6. The van der Waals surface area contributed by atoms with E-state index in [9.17, 15) is 4.79 Å². The number of aromatic nitrogens is 4. The van der Waals surface area contributed by atoms with Gasteiger partial charge in [0.25, 0.3) is 0 Å². The number of fused-ring (bicyclic) bond motifs is 1. The molecule has 1 amide bonds. The molecule has 0 unspecified atom stereocenters. The van der Waals surface area contributed by atoms with Crippen LogP contribution in [-0.2, 0) is 11.3 Å². The van der Waals surface area contributed by atoms with Crippen LogP contribution in [0.5, 0.6) is 5.75 Å². The lowest BCUT2D eigenvalue weighted by atomic mass is 9.96. The van der Waals surface area contributed by atoms with Gasteiger partial charge in [-0.2, -0.15) is 4.52 Å². The average molecular weight is 435 g/mol. The van der Waals surface area contributed by atoms with Crippen LogP contribution in [0.4, 0.5) is 5.82 Å². The highest BCUT2D eigenvalue weighted by molar-refractivity contribution is 5.79. The molecule has 1 aliphatic heterocycles. The van der Waals surface area contributed by atoms with E-state index in [1.807, 2.05) is 30.3 Å². The van der Waals surface area contributed by atoms with Gasteiger partial charge in [0, 0.05) is 25.6 Å². The number of benzene rings is 1. The van der Waals surface area contributed by atoms with E-state index in [0.29, 0.717) is 12.6 Å². The number of ether oxygens (including phenoxy) is 1. The van der Waals surface area contributed by atoms with Gasteiger partial charge >= 0.3 is 0 Å². The predicted octanol–water partition coefficient (Wildman–Crippen LogP) is 3.37. The molecule has 3 aromatic rings. The molecule has 1 N–H and O–H groups in total. The molecule has 1 saturated carbocycles. The second-order valence-corrected chi connectivity index (χ2v) is 8.83. The van der Waals surface area contributed by atoms with E-state index in [4.69, 9.17) is 4.74 Å². The molecule has 5 rings (SSSR count). The van der Waals surface area contributed by atoms with Crippen LogP contribution in [0.3, 0.4) is 0 Å². The zero-order chi connectivity index (χ0) is 21.8. The minimum atomic E-state index is 0.0339. The van der Waals surface area contributed by atoms with Crippen LogP contribution in [0, 0.1) is 5.92 Å². The van der Waals surface area contributed by atoms with Gasteiger partial charge in [-0.1, -0.05) is 18.6 Å². The van der Waals surface area contributed by atoms with E-state index < -0.39 is 0 Å². The molecule has 0 radical (unpaired) electrons. The van der Waals surface area contributed by atoms with Crippen molar-refractivity contribution in [3.63, 3.8) is 0 Å². The van der Waals surface area contributed by atoms with Gasteiger partial charge in [-0.3, -0.25) is 4.79 Å². The minimum absolute atomic E-state index is 0.0339. The highest BCUT2D eigenvalue weighted by atomic mass is 16.5. The number of piperidine rings is 1. The summed E-state index contributed by atoms with van der Waals surface area (Å²) in [5.41, 5.74) is 1.81. The van der Waals surface area contributed by atoms with Gasteiger partial charge in [0.2, 0.25) is 5.91 Å². The third-order valence-electron chi connectivity index (χ3n) is 6.56. The van der Waals surface area contributed by atoms with Crippen molar-refractivity contribution in [1.82, 2.24) is 25.1 Å². The fourth-order valence-corrected chi connectivity index (χ4v) is 4.70. The molecule has 0 atom stereocenters. The van der Waals surface area contributed by atoms with Crippen molar-refractivity contribution in [2.75, 3.05) is 18.0 Å². The fraction of sp³-hybridized carbons (Fsp3) is 0.500. The van der Waals surface area contributed by atoms with E-state index in [2.05, 4.69) is 31.6 Å². The van der Waals surface area contributed by atoms with Crippen molar-refractivity contribution in [2.45, 2.75) is 57.6 Å². The maximum absolute atomic E-state index is 12.8. The highest BCUT2D eigenvalue weighted by Crippen LogP contribution is 2.25. The van der Waals surface area contributed by atoms with Gasteiger partial charge in [0.15, 0.2) is 5.65 Å². The minimum Gasteiger partial charge on any atom is -0.490 e. The number of nitrogens with one attached hydrogen (secondary N) is 1. The number of hydrogen-bond donors (Lipinski definition) is 1. The molecular weight excluding hydrogens is 404 g/mol. The van der Waals surface area contributed by atoms with Crippen LogP contribution in [0.15, 0.2) is 42.7 Å². The number of hydrogen-bond acceptors (Lipinski definition) is 6. The van der Waals surface area contributed by atoms with Gasteiger partial charge in [-0.25, -0.2) is 0 Å². The van der Waals surface area contributed by atoms with Crippen molar-refractivity contribution in [3.8, 4) is 5.75 Å². The summed E-state index contributed by atoms with van der Waals surface area (Å²) in [6.07, 6.45) is 9.68. The van der Waals surface area contributed by atoms with Crippen molar-refractivity contribution >= 4 is 17.4 Å². The SMILES string of the molecule is O=C(NCc1cccc(OC2CCCCC2)c1)C1CCN(c2ccc3nncn3n2)CC1. The van der Waals surface area contributed by atoms with E-state index in [0.717, 1.165) is 61.6 Å². The van der Waals surface area contributed by atoms with E-state index in [-0.39, 0.29) is 11.8 Å². The topological polar surface area (TPSA) is 84.6 Å². The van der Waals surface area contributed by atoms with Gasteiger partial charge in [0.05, 0.1) is 6.10 Å². The molecule has 2 fully saturated rings. The number of amides is 1. The summed E-state index contributed by atoms with van der Waals surface area (Å²) in [7, 11) is 0. The predicted molar refractivity (Wildman–Crippen MR) is 122 cm³/mol. The van der Waals surface area contributed by atoms with Crippen molar-refractivity contribution < 1.29 is 9.53 Å². The first-order valence-electron chi connectivity index (χ1n) is 11.7. The molecule has 1 aromatic carbocycles. The second-order valence-electron chi connectivity index (χ2n) is 8.83. The monoisotopic (exact) mass is 434 g/mol. The Bertz CT molecular complexity index is 1050. The van der Waals surface area contributed by atoms with E-state index in [1.165, 1.54) is 19.3 Å². The first-order chi connectivity index (χ1) is 15.7. The maximum Gasteiger partial charge on any atom is 0.223 e. The Hall–Kier alpha value is -3.16. The summed E-state index contributed by atoms with van der Waals surface area (Å²) in [6.45, 7) is 2.15. The van der Waals surface area contributed by atoms with E-state index >= 15 is 0 Å². The molecule has 32 heavy (non-hydrogen) atoms. The lowest BCUT2D eigenvalue weighted by molar-refractivity contribution is -0.125. The molecule has 2 aromatic heterocycles. The van der Waals surface area contributed by atoms with Crippen molar-refractivity contribution in [3.05, 3.63) is 48.3 Å². The standard InChI is InChI=1S/C24H30N6O2/c31-24(25-16-18-5-4-8-21(15-18)32-20-6-2-1-3-7-20)19-11-13-29(14-12-19)23-10-9-22-27-26-17-30(22)28-23/h4-5,8-10,15,17,19-20H,1-3,6-7,11-14,16H2,(H,25,31). The Morgan fingerprint density at radius 2 is 1.91 bits per heavy atom. The highest BCUT2D eigenvalue weighted by Gasteiger charge is 2.25. The van der Waals surface area contributed by atoms with Crippen molar-refractivity contribution in [1.29, 1.82) is 0 Å².